The quantitative estimate of drug-likeness (QED) is 0.472. The largest absolute Gasteiger partial charge is 0.457 e. The second kappa shape index (κ2) is 5.00. The van der Waals surface area contributed by atoms with Crippen LogP contribution in [0.5, 0.6) is 0 Å². The van der Waals surface area contributed by atoms with E-state index < -0.39 is 0 Å². The Balaban J connectivity index is 1.54. The topological polar surface area (TPSA) is 43.4 Å². The monoisotopic (exact) mass is 256 g/mol. The van der Waals surface area contributed by atoms with Gasteiger partial charge in [0.15, 0.2) is 12.4 Å². The smallest absolute Gasteiger partial charge is 0.310 e. The van der Waals surface area contributed by atoms with Crippen LogP contribution in [0.15, 0.2) is 42.5 Å². The van der Waals surface area contributed by atoms with Crippen molar-refractivity contribution < 1.29 is 14.3 Å². The van der Waals surface area contributed by atoms with Gasteiger partial charge in [0, 0.05) is 5.56 Å². The van der Waals surface area contributed by atoms with Gasteiger partial charge in [-0.25, -0.2) is 0 Å². The Labute approximate surface area is 112 Å². The van der Waals surface area contributed by atoms with E-state index in [2.05, 4.69) is 12.2 Å². The zero-order valence-electron chi connectivity index (χ0n) is 10.6. The van der Waals surface area contributed by atoms with E-state index in [-0.39, 0.29) is 24.3 Å². The number of esters is 1. The minimum absolute atomic E-state index is 0.0430. The number of Topliss-reactive ketones (excluding diaryl/α,β-unsaturated/α-hetero) is 1. The highest BCUT2D eigenvalue weighted by molar-refractivity contribution is 5.98. The molecule has 0 spiro atoms. The normalized spacial score (nSPS) is 27.5. The number of allylic oxidation sites excluding steroid dienone is 2. The number of hydrogen-bond donors (Lipinski definition) is 0. The fraction of sp³-hybridized carbons (Fsp3) is 0.375. The predicted octanol–water partition coefficient (Wildman–Crippen LogP) is 2.62. The summed E-state index contributed by atoms with van der Waals surface area (Å²) in [5.41, 5.74) is 0.586. The molecule has 3 atom stereocenters. The van der Waals surface area contributed by atoms with Gasteiger partial charge in [-0.15, -0.1) is 0 Å². The first kappa shape index (κ1) is 12.2. The van der Waals surface area contributed by atoms with Crippen LogP contribution in [0.1, 0.15) is 23.2 Å². The number of carbonyl (C=O) groups excluding carboxylic acids is 2. The fourth-order valence-electron chi connectivity index (χ4n) is 3.00. The standard InChI is InChI=1S/C16H16O3/c17-15(12-4-2-1-3-5-12)10-19-16(18)14-9-11-6-7-13(14)8-11/h1-7,11,13-14H,8-10H2/t11-,13-,14+/m0/s1. The summed E-state index contributed by atoms with van der Waals surface area (Å²) in [6.07, 6.45) is 6.23. The molecule has 2 aliphatic carbocycles. The van der Waals surface area contributed by atoms with Gasteiger partial charge in [-0.3, -0.25) is 9.59 Å². The van der Waals surface area contributed by atoms with Crippen LogP contribution in [0, 0.1) is 17.8 Å². The summed E-state index contributed by atoms with van der Waals surface area (Å²) in [5, 5.41) is 0. The van der Waals surface area contributed by atoms with Crippen LogP contribution >= 0.6 is 0 Å². The Morgan fingerprint density at radius 2 is 1.89 bits per heavy atom. The first-order valence-electron chi connectivity index (χ1n) is 6.67. The van der Waals surface area contributed by atoms with E-state index in [1.807, 2.05) is 6.07 Å². The highest BCUT2D eigenvalue weighted by Gasteiger charge is 2.40. The van der Waals surface area contributed by atoms with Crippen molar-refractivity contribution in [2.45, 2.75) is 12.8 Å². The van der Waals surface area contributed by atoms with Crippen molar-refractivity contribution in [3.8, 4) is 0 Å². The van der Waals surface area contributed by atoms with Crippen molar-refractivity contribution >= 4 is 11.8 Å². The minimum atomic E-state index is -0.221. The van der Waals surface area contributed by atoms with Crippen molar-refractivity contribution in [2.75, 3.05) is 6.61 Å². The number of ketones is 1. The van der Waals surface area contributed by atoms with Gasteiger partial charge in [0.25, 0.3) is 0 Å². The molecule has 1 saturated carbocycles. The lowest BCUT2D eigenvalue weighted by molar-refractivity contribution is -0.148. The summed E-state index contributed by atoms with van der Waals surface area (Å²) < 4.78 is 5.17. The van der Waals surface area contributed by atoms with Crippen LogP contribution in [0.3, 0.4) is 0 Å². The summed E-state index contributed by atoms with van der Waals surface area (Å²) in [5.74, 6) is 0.448. The minimum Gasteiger partial charge on any atom is -0.457 e. The van der Waals surface area contributed by atoms with Gasteiger partial charge >= 0.3 is 5.97 Å². The maximum atomic E-state index is 12.0. The van der Waals surface area contributed by atoms with Crippen LogP contribution in [-0.2, 0) is 9.53 Å². The summed E-state index contributed by atoms with van der Waals surface area (Å²) in [7, 11) is 0. The third-order valence-electron chi connectivity index (χ3n) is 4.02. The molecule has 3 heteroatoms. The fourth-order valence-corrected chi connectivity index (χ4v) is 3.00. The van der Waals surface area contributed by atoms with E-state index in [1.165, 1.54) is 0 Å². The average molecular weight is 256 g/mol. The average Bonchev–Trinajstić information content (AvgIpc) is 3.08. The third kappa shape index (κ3) is 2.46. The number of ether oxygens (including phenoxy) is 1. The molecule has 0 aromatic heterocycles. The summed E-state index contributed by atoms with van der Waals surface area (Å²) in [6, 6.07) is 8.92. The van der Waals surface area contributed by atoms with Gasteiger partial charge in [0.2, 0.25) is 0 Å². The maximum absolute atomic E-state index is 12.0. The number of carbonyl (C=O) groups is 2. The van der Waals surface area contributed by atoms with Crippen molar-refractivity contribution in [1.82, 2.24) is 0 Å². The van der Waals surface area contributed by atoms with Gasteiger partial charge in [0.05, 0.1) is 5.92 Å². The summed E-state index contributed by atoms with van der Waals surface area (Å²) in [6.45, 7) is -0.152. The molecule has 19 heavy (non-hydrogen) atoms. The highest BCUT2D eigenvalue weighted by Crippen LogP contribution is 2.43. The van der Waals surface area contributed by atoms with E-state index in [9.17, 15) is 9.59 Å². The molecule has 98 valence electrons. The molecular weight excluding hydrogens is 240 g/mol. The van der Waals surface area contributed by atoms with Gasteiger partial charge in [-0.05, 0) is 24.7 Å². The molecule has 0 amide bonds. The van der Waals surface area contributed by atoms with Crippen LogP contribution in [0.4, 0.5) is 0 Å². The Hall–Kier alpha value is -1.90. The molecule has 3 rings (SSSR count). The van der Waals surface area contributed by atoms with Crippen LogP contribution < -0.4 is 0 Å². The van der Waals surface area contributed by atoms with Gasteiger partial charge in [-0.2, -0.15) is 0 Å². The third-order valence-corrected chi connectivity index (χ3v) is 4.02. The molecule has 3 nitrogen and oxygen atoms in total. The van der Waals surface area contributed by atoms with Crippen LogP contribution in [0.25, 0.3) is 0 Å². The van der Waals surface area contributed by atoms with E-state index in [1.54, 1.807) is 24.3 Å². The molecule has 0 unspecified atom stereocenters. The predicted molar refractivity (Wildman–Crippen MR) is 70.6 cm³/mol. The van der Waals surface area contributed by atoms with Gasteiger partial charge < -0.3 is 4.74 Å². The lowest BCUT2D eigenvalue weighted by Crippen LogP contribution is -2.24. The van der Waals surface area contributed by atoms with E-state index in [4.69, 9.17) is 4.74 Å². The number of fused-ring (bicyclic) bond motifs is 2. The SMILES string of the molecule is O=C(COC(=O)[C@@H]1C[C@H]2C=C[C@H]1C2)c1ccccc1. The summed E-state index contributed by atoms with van der Waals surface area (Å²) >= 11 is 0. The van der Waals surface area contributed by atoms with Crippen molar-refractivity contribution in [3.05, 3.63) is 48.0 Å². The Morgan fingerprint density at radius 3 is 2.53 bits per heavy atom. The Kier molecular flexibility index (Phi) is 3.20. The van der Waals surface area contributed by atoms with Crippen molar-refractivity contribution in [2.24, 2.45) is 17.8 Å². The zero-order valence-corrected chi connectivity index (χ0v) is 10.6. The van der Waals surface area contributed by atoms with Crippen molar-refractivity contribution in [1.29, 1.82) is 0 Å². The van der Waals surface area contributed by atoms with E-state index in [0.29, 0.717) is 17.4 Å². The molecular formula is C16H16O3. The number of hydrogen-bond acceptors (Lipinski definition) is 3. The Morgan fingerprint density at radius 1 is 1.11 bits per heavy atom. The second-order valence-corrected chi connectivity index (χ2v) is 5.28. The second-order valence-electron chi connectivity index (χ2n) is 5.28. The molecule has 0 heterocycles. The molecule has 1 fully saturated rings. The first-order chi connectivity index (χ1) is 9.24. The molecule has 2 bridgehead atoms. The van der Waals surface area contributed by atoms with Gasteiger partial charge in [0.1, 0.15) is 0 Å². The van der Waals surface area contributed by atoms with E-state index in [0.717, 1.165) is 12.8 Å². The lowest BCUT2D eigenvalue weighted by atomic mass is 9.94. The molecule has 0 aliphatic heterocycles. The number of rotatable bonds is 4. The molecule has 1 aromatic rings. The van der Waals surface area contributed by atoms with E-state index >= 15 is 0 Å². The first-order valence-corrected chi connectivity index (χ1v) is 6.67. The Bertz CT molecular complexity index is 518. The summed E-state index contributed by atoms with van der Waals surface area (Å²) in [4.78, 5) is 23.8. The lowest BCUT2D eigenvalue weighted by Gasteiger charge is -2.16. The molecule has 0 saturated heterocycles. The van der Waals surface area contributed by atoms with Crippen LogP contribution in [-0.4, -0.2) is 18.4 Å². The maximum Gasteiger partial charge on any atom is 0.310 e. The molecule has 0 radical (unpaired) electrons. The molecule has 0 N–H and O–H groups in total. The highest BCUT2D eigenvalue weighted by atomic mass is 16.5. The number of benzene rings is 1. The van der Waals surface area contributed by atoms with Crippen LogP contribution in [0.2, 0.25) is 0 Å². The van der Waals surface area contributed by atoms with Gasteiger partial charge in [-0.1, -0.05) is 42.5 Å². The van der Waals surface area contributed by atoms with Crippen molar-refractivity contribution in [3.63, 3.8) is 0 Å². The zero-order chi connectivity index (χ0) is 13.2. The molecule has 1 aromatic carbocycles. The molecule has 2 aliphatic rings.